The van der Waals surface area contributed by atoms with E-state index in [9.17, 15) is 13.2 Å². The van der Waals surface area contributed by atoms with Crippen LogP contribution in [0.3, 0.4) is 0 Å². The van der Waals surface area contributed by atoms with Gasteiger partial charge in [-0.2, -0.15) is 13.2 Å². The van der Waals surface area contributed by atoms with E-state index in [0.717, 1.165) is 10.9 Å². The van der Waals surface area contributed by atoms with Crippen LogP contribution >= 0.6 is 0 Å². The predicted octanol–water partition coefficient (Wildman–Crippen LogP) is 1.74. The molecule has 104 valence electrons. The average molecular weight is 283 g/mol. The summed E-state index contributed by atoms with van der Waals surface area (Å²) in [5, 5.41) is 7.45. The first-order valence-electron chi connectivity index (χ1n) is 5.55. The molecule has 3 heterocycles. The van der Waals surface area contributed by atoms with Crippen molar-refractivity contribution >= 4 is 11.2 Å². The Morgan fingerprint density at radius 2 is 2.05 bits per heavy atom. The number of hydrogen-bond donors (Lipinski definition) is 1. The van der Waals surface area contributed by atoms with Gasteiger partial charge in [0.2, 0.25) is 11.4 Å². The lowest BCUT2D eigenvalue weighted by Gasteiger charge is -2.02. The fourth-order valence-electron chi connectivity index (χ4n) is 1.85. The monoisotopic (exact) mass is 283 g/mol. The van der Waals surface area contributed by atoms with Gasteiger partial charge in [0.25, 0.3) is 0 Å². The molecule has 2 N–H and O–H groups in total. The van der Waals surface area contributed by atoms with E-state index < -0.39 is 11.9 Å². The van der Waals surface area contributed by atoms with Gasteiger partial charge in [-0.1, -0.05) is 0 Å². The summed E-state index contributed by atoms with van der Waals surface area (Å²) in [5.41, 5.74) is 1.42. The number of furan rings is 1. The van der Waals surface area contributed by atoms with Crippen molar-refractivity contribution in [1.82, 2.24) is 20.1 Å². The highest BCUT2D eigenvalue weighted by molar-refractivity contribution is 5.74. The van der Waals surface area contributed by atoms with Gasteiger partial charge in [-0.15, -0.1) is 9.89 Å². The van der Waals surface area contributed by atoms with Crippen LogP contribution in [0.4, 0.5) is 13.2 Å². The van der Waals surface area contributed by atoms with E-state index in [4.69, 9.17) is 10.3 Å². The van der Waals surface area contributed by atoms with Crippen LogP contribution in [0.1, 0.15) is 17.1 Å². The number of hydrogen-bond acceptors (Lipinski definition) is 5. The Labute approximate surface area is 110 Å². The van der Waals surface area contributed by atoms with Gasteiger partial charge in [-0.3, -0.25) is 0 Å². The summed E-state index contributed by atoms with van der Waals surface area (Å²) >= 11 is 0. The molecule has 0 amide bonds. The van der Waals surface area contributed by atoms with Crippen molar-refractivity contribution < 1.29 is 17.6 Å². The Morgan fingerprint density at radius 1 is 1.25 bits per heavy atom. The molecule has 3 aromatic heterocycles. The van der Waals surface area contributed by atoms with Crippen LogP contribution in [0.2, 0.25) is 0 Å². The molecule has 3 aromatic rings. The molecule has 0 radical (unpaired) electrons. The van der Waals surface area contributed by atoms with E-state index in [1.54, 1.807) is 6.07 Å². The van der Waals surface area contributed by atoms with Crippen molar-refractivity contribution in [3.8, 4) is 0 Å². The van der Waals surface area contributed by atoms with E-state index >= 15 is 0 Å². The van der Waals surface area contributed by atoms with E-state index in [2.05, 4.69) is 15.3 Å². The fraction of sp³-hybridized carbons (Fsp3) is 0.182. The van der Waals surface area contributed by atoms with Gasteiger partial charge in [0.15, 0.2) is 0 Å². The van der Waals surface area contributed by atoms with E-state index in [1.807, 2.05) is 0 Å². The van der Waals surface area contributed by atoms with Gasteiger partial charge in [-0.05, 0) is 29.0 Å². The number of fused-ring (bicyclic) bond motifs is 1. The molecule has 0 atom stereocenters. The molecule has 20 heavy (non-hydrogen) atoms. The van der Waals surface area contributed by atoms with Crippen LogP contribution < -0.4 is 5.84 Å². The molecule has 0 aliphatic carbocycles. The summed E-state index contributed by atoms with van der Waals surface area (Å²) < 4.78 is 42.1. The van der Waals surface area contributed by atoms with Gasteiger partial charge < -0.3 is 10.3 Å². The van der Waals surface area contributed by atoms with Crippen molar-refractivity contribution in [2.24, 2.45) is 0 Å². The van der Waals surface area contributed by atoms with Crippen LogP contribution in [0.5, 0.6) is 0 Å². The molecule has 0 saturated heterocycles. The van der Waals surface area contributed by atoms with Gasteiger partial charge in [-0.25, -0.2) is 4.98 Å². The van der Waals surface area contributed by atoms with Crippen molar-refractivity contribution in [2.45, 2.75) is 12.6 Å². The number of nitrogen functional groups attached to an aromatic ring is 1. The summed E-state index contributed by atoms with van der Waals surface area (Å²) in [4.78, 5) is 4.99. The van der Waals surface area contributed by atoms with Crippen molar-refractivity contribution in [3.05, 3.63) is 41.5 Å². The summed E-state index contributed by atoms with van der Waals surface area (Å²) in [6.45, 7) is 0. The molecule has 0 unspecified atom stereocenters. The molecule has 6 nitrogen and oxygen atoms in total. The number of pyridine rings is 1. The maximum atomic E-state index is 12.5. The molecular formula is C11H8F3N5O. The molecule has 3 rings (SSSR count). The molecule has 0 bridgehead atoms. The number of rotatable bonds is 2. The SMILES string of the molecule is Nn1nnc2c(Cc3ccc(C(F)(F)F)o3)ccnc21. The summed E-state index contributed by atoms with van der Waals surface area (Å²) in [6.07, 6.45) is -2.86. The lowest BCUT2D eigenvalue weighted by atomic mass is 10.1. The third-order valence-corrected chi connectivity index (χ3v) is 2.75. The highest BCUT2D eigenvalue weighted by Gasteiger charge is 2.34. The van der Waals surface area contributed by atoms with Crippen molar-refractivity contribution in [2.75, 3.05) is 5.84 Å². The maximum absolute atomic E-state index is 12.5. The first-order valence-corrected chi connectivity index (χ1v) is 5.55. The number of aromatic nitrogens is 4. The van der Waals surface area contributed by atoms with E-state index in [0.29, 0.717) is 16.7 Å². The van der Waals surface area contributed by atoms with Gasteiger partial charge >= 0.3 is 6.18 Å². The molecule has 0 saturated carbocycles. The quantitative estimate of drug-likeness (QED) is 0.724. The van der Waals surface area contributed by atoms with E-state index in [-0.39, 0.29) is 12.2 Å². The molecule has 9 heteroatoms. The Kier molecular flexibility index (Phi) is 2.63. The minimum Gasteiger partial charge on any atom is -0.456 e. The Balaban J connectivity index is 1.95. The van der Waals surface area contributed by atoms with Crippen LogP contribution in [0, 0.1) is 0 Å². The topological polar surface area (TPSA) is 82.8 Å². The summed E-state index contributed by atoms with van der Waals surface area (Å²) in [6, 6.07) is 3.81. The van der Waals surface area contributed by atoms with Crippen LogP contribution in [-0.2, 0) is 12.6 Å². The third-order valence-electron chi connectivity index (χ3n) is 2.75. The first kappa shape index (κ1) is 12.5. The zero-order valence-corrected chi connectivity index (χ0v) is 9.92. The smallest absolute Gasteiger partial charge is 0.449 e. The van der Waals surface area contributed by atoms with Gasteiger partial charge in [0.1, 0.15) is 11.3 Å². The second-order valence-corrected chi connectivity index (χ2v) is 4.12. The molecule has 0 fully saturated rings. The van der Waals surface area contributed by atoms with Crippen molar-refractivity contribution in [3.63, 3.8) is 0 Å². The normalized spacial score (nSPS) is 12.2. The first-order chi connectivity index (χ1) is 9.45. The maximum Gasteiger partial charge on any atom is 0.449 e. The lowest BCUT2D eigenvalue weighted by molar-refractivity contribution is -0.153. The van der Waals surface area contributed by atoms with Crippen LogP contribution in [0.25, 0.3) is 11.2 Å². The third kappa shape index (κ3) is 2.06. The van der Waals surface area contributed by atoms with Crippen molar-refractivity contribution in [1.29, 1.82) is 0 Å². The minimum atomic E-state index is -4.49. The zero-order valence-electron chi connectivity index (χ0n) is 9.92. The second-order valence-electron chi connectivity index (χ2n) is 4.12. The average Bonchev–Trinajstić information content (AvgIpc) is 2.98. The zero-order chi connectivity index (χ0) is 14.3. The molecule has 0 spiro atoms. The minimum absolute atomic E-state index is 0.147. The standard InChI is InChI=1S/C11H8F3N5O/c12-11(13,14)8-2-1-7(20-8)5-6-3-4-16-10-9(6)17-18-19(10)15/h1-4H,5,15H2. The Bertz CT molecular complexity index is 761. The highest BCUT2D eigenvalue weighted by atomic mass is 19.4. The predicted molar refractivity (Wildman–Crippen MR) is 62.0 cm³/mol. The largest absolute Gasteiger partial charge is 0.456 e. The number of nitrogens with two attached hydrogens (primary N) is 1. The number of halogens is 3. The molecule has 0 aromatic carbocycles. The number of alkyl halides is 3. The van der Waals surface area contributed by atoms with Crippen LogP contribution in [-0.4, -0.2) is 20.1 Å². The Morgan fingerprint density at radius 3 is 2.75 bits per heavy atom. The van der Waals surface area contributed by atoms with Gasteiger partial charge in [0.05, 0.1) is 0 Å². The highest BCUT2D eigenvalue weighted by Crippen LogP contribution is 2.31. The molecular weight excluding hydrogens is 275 g/mol. The van der Waals surface area contributed by atoms with Gasteiger partial charge in [0, 0.05) is 12.6 Å². The summed E-state index contributed by atoms with van der Waals surface area (Å²) in [5.74, 6) is 4.66. The number of nitrogens with zero attached hydrogens (tertiary/aromatic N) is 4. The van der Waals surface area contributed by atoms with Crippen LogP contribution in [0.15, 0.2) is 28.8 Å². The lowest BCUT2D eigenvalue weighted by Crippen LogP contribution is -2.10. The second kappa shape index (κ2) is 4.22. The fourth-order valence-corrected chi connectivity index (χ4v) is 1.85. The Hall–Kier alpha value is -2.58. The molecule has 0 aliphatic rings. The van der Waals surface area contributed by atoms with E-state index in [1.165, 1.54) is 12.3 Å². The summed E-state index contributed by atoms with van der Waals surface area (Å²) in [7, 11) is 0. The molecule has 0 aliphatic heterocycles.